The lowest BCUT2D eigenvalue weighted by atomic mass is 10.1. The van der Waals surface area contributed by atoms with E-state index in [9.17, 15) is 0 Å². The molecule has 0 unspecified atom stereocenters. The molecule has 0 saturated carbocycles. The van der Waals surface area contributed by atoms with Crippen molar-refractivity contribution in [1.82, 2.24) is 4.98 Å². The Labute approximate surface area is 151 Å². The smallest absolute Gasteiger partial charge is 0.226 e. The summed E-state index contributed by atoms with van der Waals surface area (Å²) < 4.78 is 21.7. The van der Waals surface area contributed by atoms with Crippen LogP contribution in [0.15, 0.2) is 58.2 Å². The third-order valence-corrected chi connectivity index (χ3v) is 3.83. The number of benzene rings is 2. The SMILES string of the molecule is COc1cc(C(=NN)c2coc(-c3ccccc3)n2)cc(OC)c1OC. The molecule has 0 spiro atoms. The van der Waals surface area contributed by atoms with Crippen molar-refractivity contribution >= 4 is 5.71 Å². The number of aromatic nitrogens is 1. The van der Waals surface area contributed by atoms with Gasteiger partial charge in [0.15, 0.2) is 11.5 Å². The van der Waals surface area contributed by atoms with E-state index in [1.807, 2.05) is 30.3 Å². The molecule has 3 rings (SSSR count). The van der Waals surface area contributed by atoms with Gasteiger partial charge in [0, 0.05) is 11.1 Å². The van der Waals surface area contributed by atoms with E-state index in [4.69, 9.17) is 24.5 Å². The first-order valence-corrected chi connectivity index (χ1v) is 7.81. The molecule has 2 aromatic carbocycles. The third-order valence-electron chi connectivity index (χ3n) is 3.83. The van der Waals surface area contributed by atoms with Gasteiger partial charge in [-0.2, -0.15) is 5.10 Å². The fourth-order valence-corrected chi connectivity index (χ4v) is 2.60. The van der Waals surface area contributed by atoms with Crippen LogP contribution in [0.1, 0.15) is 11.3 Å². The second-order valence-electron chi connectivity index (χ2n) is 5.30. The Kier molecular flexibility index (Phi) is 5.07. The molecular formula is C19H19N3O4. The largest absolute Gasteiger partial charge is 0.493 e. The van der Waals surface area contributed by atoms with Crippen LogP contribution in [0, 0.1) is 0 Å². The minimum Gasteiger partial charge on any atom is -0.493 e. The standard InChI is InChI=1S/C19H19N3O4/c1-23-15-9-13(10-16(24-2)18(15)25-3)17(22-20)14-11-26-19(21-14)12-7-5-4-6-8-12/h4-11H,20H2,1-3H3. The van der Waals surface area contributed by atoms with Gasteiger partial charge in [-0.1, -0.05) is 18.2 Å². The van der Waals surface area contributed by atoms with E-state index in [0.717, 1.165) is 5.56 Å². The molecule has 0 saturated heterocycles. The number of hydrazone groups is 1. The van der Waals surface area contributed by atoms with Crippen LogP contribution in [0.4, 0.5) is 0 Å². The van der Waals surface area contributed by atoms with Gasteiger partial charge in [0.25, 0.3) is 0 Å². The van der Waals surface area contributed by atoms with Crippen molar-refractivity contribution in [1.29, 1.82) is 0 Å². The Hall–Kier alpha value is -3.48. The fraction of sp³-hybridized carbons (Fsp3) is 0.158. The number of methoxy groups -OCH3 is 3. The van der Waals surface area contributed by atoms with Crippen molar-refractivity contribution in [3.8, 4) is 28.7 Å². The molecule has 2 N–H and O–H groups in total. The Morgan fingerprint density at radius 2 is 1.65 bits per heavy atom. The van der Waals surface area contributed by atoms with E-state index in [0.29, 0.717) is 40.1 Å². The van der Waals surface area contributed by atoms with Gasteiger partial charge in [-0.15, -0.1) is 0 Å². The predicted molar refractivity (Wildman–Crippen MR) is 97.9 cm³/mol. The first-order valence-electron chi connectivity index (χ1n) is 7.81. The molecule has 0 aliphatic heterocycles. The molecular weight excluding hydrogens is 334 g/mol. The first kappa shape index (κ1) is 17.3. The highest BCUT2D eigenvalue weighted by Crippen LogP contribution is 2.38. The fourth-order valence-electron chi connectivity index (χ4n) is 2.60. The van der Waals surface area contributed by atoms with Crippen LogP contribution in [0.3, 0.4) is 0 Å². The van der Waals surface area contributed by atoms with Crippen LogP contribution >= 0.6 is 0 Å². The summed E-state index contributed by atoms with van der Waals surface area (Å²) in [4.78, 5) is 4.49. The third kappa shape index (κ3) is 3.19. The normalized spacial score (nSPS) is 11.3. The molecule has 0 fully saturated rings. The van der Waals surface area contributed by atoms with Gasteiger partial charge in [0.05, 0.1) is 21.3 Å². The van der Waals surface area contributed by atoms with Crippen LogP contribution in [0.2, 0.25) is 0 Å². The minimum atomic E-state index is 0.440. The summed E-state index contributed by atoms with van der Waals surface area (Å²) in [5.41, 5.74) is 2.46. The summed E-state index contributed by atoms with van der Waals surface area (Å²) in [6.07, 6.45) is 1.51. The lowest BCUT2D eigenvalue weighted by molar-refractivity contribution is 0.324. The highest BCUT2D eigenvalue weighted by Gasteiger charge is 2.19. The van der Waals surface area contributed by atoms with E-state index >= 15 is 0 Å². The second kappa shape index (κ2) is 7.60. The maximum absolute atomic E-state index is 5.63. The number of nitrogens with two attached hydrogens (primary N) is 1. The molecule has 134 valence electrons. The quantitative estimate of drug-likeness (QED) is 0.416. The number of ether oxygens (including phenoxy) is 3. The summed E-state index contributed by atoms with van der Waals surface area (Å²) in [6, 6.07) is 13.1. The summed E-state index contributed by atoms with van der Waals surface area (Å²) in [7, 11) is 4.63. The maximum Gasteiger partial charge on any atom is 0.226 e. The van der Waals surface area contributed by atoms with Crippen molar-refractivity contribution in [2.24, 2.45) is 10.9 Å². The Bertz CT molecular complexity index is 895. The van der Waals surface area contributed by atoms with Gasteiger partial charge < -0.3 is 24.5 Å². The second-order valence-corrected chi connectivity index (χ2v) is 5.30. The maximum atomic E-state index is 5.63. The summed E-state index contributed by atoms with van der Waals surface area (Å²) in [6.45, 7) is 0. The molecule has 1 heterocycles. The Balaban J connectivity index is 2.04. The molecule has 1 aromatic heterocycles. The van der Waals surface area contributed by atoms with E-state index in [-0.39, 0.29) is 0 Å². The summed E-state index contributed by atoms with van der Waals surface area (Å²) >= 11 is 0. The molecule has 0 radical (unpaired) electrons. The van der Waals surface area contributed by atoms with Crippen molar-refractivity contribution in [3.63, 3.8) is 0 Å². The van der Waals surface area contributed by atoms with Crippen LogP contribution in [0.25, 0.3) is 11.5 Å². The Morgan fingerprint density at radius 3 is 2.19 bits per heavy atom. The molecule has 7 heteroatoms. The van der Waals surface area contributed by atoms with Crippen LogP contribution in [-0.2, 0) is 0 Å². The van der Waals surface area contributed by atoms with Gasteiger partial charge in [0.2, 0.25) is 11.6 Å². The lowest BCUT2D eigenvalue weighted by Crippen LogP contribution is -2.08. The number of hydrogen-bond acceptors (Lipinski definition) is 7. The average Bonchev–Trinajstić information content (AvgIpc) is 3.18. The molecule has 3 aromatic rings. The zero-order valence-corrected chi connectivity index (χ0v) is 14.7. The number of rotatable bonds is 6. The number of oxazole rings is 1. The van der Waals surface area contributed by atoms with Gasteiger partial charge >= 0.3 is 0 Å². The first-order chi connectivity index (χ1) is 12.7. The average molecular weight is 353 g/mol. The van der Waals surface area contributed by atoms with Gasteiger partial charge in [-0.25, -0.2) is 4.98 Å². The van der Waals surface area contributed by atoms with Crippen LogP contribution in [0.5, 0.6) is 17.2 Å². The summed E-state index contributed by atoms with van der Waals surface area (Å²) in [5.74, 6) is 7.59. The Morgan fingerprint density at radius 1 is 1.00 bits per heavy atom. The van der Waals surface area contributed by atoms with Crippen molar-refractivity contribution in [2.75, 3.05) is 21.3 Å². The molecule has 7 nitrogen and oxygen atoms in total. The molecule has 0 amide bonds. The molecule has 0 atom stereocenters. The van der Waals surface area contributed by atoms with Gasteiger partial charge in [-0.05, 0) is 24.3 Å². The zero-order valence-electron chi connectivity index (χ0n) is 14.7. The van der Waals surface area contributed by atoms with E-state index in [1.165, 1.54) is 6.26 Å². The minimum absolute atomic E-state index is 0.440. The van der Waals surface area contributed by atoms with E-state index in [1.54, 1.807) is 33.5 Å². The molecule has 0 aliphatic carbocycles. The van der Waals surface area contributed by atoms with Crippen molar-refractivity contribution in [3.05, 3.63) is 60.0 Å². The zero-order chi connectivity index (χ0) is 18.5. The molecule has 0 bridgehead atoms. The van der Waals surface area contributed by atoms with Gasteiger partial charge in [-0.3, -0.25) is 0 Å². The van der Waals surface area contributed by atoms with E-state index in [2.05, 4.69) is 10.1 Å². The topological polar surface area (TPSA) is 92.1 Å². The molecule has 0 aliphatic rings. The number of hydrogen-bond donors (Lipinski definition) is 1. The van der Waals surface area contributed by atoms with Crippen LogP contribution in [-0.4, -0.2) is 32.0 Å². The number of nitrogens with zero attached hydrogens (tertiary/aromatic N) is 2. The van der Waals surface area contributed by atoms with Gasteiger partial charge in [0.1, 0.15) is 17.7 Å². The van der Waals surface area contributed by atoms with Crippen LogP contribution < -0.4 is 20.1 Å². The monoisotopic (exact) mass is 353 g/mol. The predicted octanol–water partition coefficient (Wildman–Crippen LogP) is 3.08. The summed E-state index contributed by atoms with van der Waals surface area (Å²) in [5, 5.41) is 3.88. The molecule has 26 heavy (non-hydrogen) atoms. The lowest BCUT2D eigenvalue weighted by Gasteiger charge is -2.14. The van der Waals surface area contributed by atoms with Crippen molar-refractivity contribution in [2.45, 2.75) is 0 Å². The highest BCUT2D eigenvalue weighted by atomic mass is 16.5. The van der Waals surface area contributed by atoms with Crippen molar-refractivity contribution < 1.29 is 18.6 Å². The highest BCUT2D eigenvalue weighted by molar-refractivity contribution is 6.12. The van der Waals surface area contributed by atoms with E-state index < -0.39 is 0 Å².